The number of carbonyl (C=O) groups excluding carboxylic acids is 2. The molecule has 5 nitrogen and oxygen atoms in total. The first-order valence-corrected chi connectivity index (χ1v) is 7.64. The molecule has 0 aromatic heterocycles. The lowest BCUT2D eigenvalue weighted by atomic mass is 9.96. The fourth-order valence-electron chi connectivity index (χ4n) is 2.62. The van der Waals surface area contributed by atoms with Gasteiger partial charge in [-0.05, 0) is 37.8 Å². The molecule has 1 aliphatic heterocycles. The first-order valence-electron chi connectivity index (χ1n) is 7.64. The number of anilines is 1. The summed E-state index contributed by atoms with van der Waals surface area (Å²) in [5.41, 5.74) is 0.802. The van der Waals surface area contributed by atoms with Crippen LogP contribution in [0.25, 0.3) is 0 Å². The zero-order valence-corrected chi connectivity index (χ0v) is 12.0. The molecule has 3 amide bonds. The molecule has 2 N–H and O–H groups in total. The second-order valence-corrected chi connectivity index (χ2v) is 5.84. The summed E-state index contributed by atoms with van der Waals surface area (Å²) in [6.45, 7) is 1.28. The number of hydrogen-bond donors (Lipinski definition) is 2. The number of nitrogens with one attached hydrogen (secondary N) is 2. The molecule has 2 fully saturated rings. The predicted molar refractivity (Wildman–Crippen MR) is 80.9 cm³/mol. The van der Waals surface area contributed by atoms with Gasteiger partial charge in [-0.3, -0.25) is 4.79 Å². The average molecular weight is 287 g/mol. The molecule has 1 aromatic carbocycles. The van der Waals surface area contributed by atoms with Gasteiger partial charge in [0.2, 0.25) is 5.91 Å². The molecule has 0 atom stereocenters. The summed E-state index contributed by atoms with van der Waals surface area (Å²) in [5, 5.41) is 5.93. The molecule has 2 aliphatic rings. The van der Waals surface area contributed by atoms with Gasteiger partial charge in [-0.25, -0.2) is 4.79 Å². The van der Waals surface area contributed by atoms with Crippen LogP contribution >= 0.6 is 0 Å². The van der Waals surface area contributed by atoms with E-state index in [9.17, 15) is 9.59 Å². The summed E-state index contributed by atoms with van der Waals surface area (Å²) in [4.78, 5) is 25.9. The van der Waals surface area contributed by atoms with Crippen molar-refractivity contribution in [3.05, 3.63) is 30.3 Å². The number of likely N-dealkylation sites (tertiary alicyclic amines) is 1. The van der Waals surface area contributed by atoms with Gasteiger partial charge in [-0.1, -0.05) is 18.2 Å². The minimum absolute atomic E-state index is 0.0615. The molecule has 1 aliphatic carbocycles. The van der Waals surface area contributed by atoms with E-state index in [0.717, 1.165) is 31.4 Å². The molecule has 0 unspecified atom stereocenters. The summed E-state index contributed by atoms with van der Waals surface area (Å²) in [7, 11) is 0. The fourth-order valence-corrected chi connectivity index (χ4v) is 2.62. The van der Waals surface area contributed by atoms with Gasteiger partial charge in [0.15, 0.2) is 0 Å². The number of urea groups is 1. The summed E-state index contributed by atoms with van der Waals surface area (Å²) < 4.78 is 0. The minimum atomic E-state index is -0.0812. The van der Waals surface area contributed by atoms with Gasteiger partial charge >= 0.3 is 6.03 Å². The SMILES string of the molecule is O=C(NC1CC1)C1CCN(C(=O)Nc2ccccc2)CC1. The van der Waals surface area contributed by atoms with Gasteiger partial charge < -0.3 is 15.5 Å². The Morgan fingerprint density at radius 3 is 2.29 bits per heavy atom. The number of nitrogens with zero attached hydrogens (tertiary/aromatic N) is 1. The monoisotopic (exact) mass is 287 g/mol. The Hall–Kier alpha value is -2.04. The van der Waals surface area contributed by atoms with Gasteiger partial charge in [0.25, 0.3) is 0 Å². The van der Waals surface area contributed by atoms with E-state index in [2.05, 4.69) is 10.6 Å². The van der Waals surface area contributed by atoms with E-state index < -0.39 is 0 Å². The maximum absolute atomic E-state index is 12.1. The van der Waals surface area contributed by atoms with Crippen molar-refractivity contribution in [3.63, 3.8) is 0 Å². The number of hydrogen-bond acceptors (Lipinski definition) is 2. The average Bonchev–Trinajstić information content (AvgIpc) is 3.32. The van der Waals surface area contributed by atoms with Crippen LogP contribution in [-0.2, 0) is 4.79 Å². The molecule has 1 saturated carbocycles. The van der Waals surface area contributed by atoms with E-state index in [1.165, 1.54) is 0 Å². The van der Waals surface area contributed by atoms with E-state index in [0.29, 0.717) is 19.1 Å². The Labute approximate surface area is 124 Å². The van der Waals surface area contributed by atoms with Gasteiger partial charge in [0, 0.05) is 30.7 Å². The zero-order valence-electron chi connectivity index (χ0n) is 12.0. The second-order valence-electron chi connectivity index (χ2n) is 5.84. The Bertz CT molecular complexity index is 506. The molecule has 1 aromatic rings. The Morgan fingerprint density at radius 1 is 1.00 bits per heavy atom. The van der Waals surface area contributed by atoms with Crippen LogP contribution in [0.1, 0.15) is 25.7 Å². The molecule has 5 heteroatoms. The van der Waals surface area contributed by atoms with E-state index in [1.807, 2.05) is 30.3 Å². The standard InChI is InChI=1S/C16H21N3O2/c20-15(17-14-6-7-14)12-8-10-19(11-9-12)16(21)18-13-4-2-1-3-5-13/h1-5,12,14H,6-11H2,(H,17,20)(H,18,21). The van der Waals surface area contributed by atoms with Crippen LogP contribution < -0.4 is 10.6 Å². The van der Waals surface area contributed by atoms with Crippen LogP contribution in [0.2, 0.25) is 0 Å². The molecule has 0 spiro atoms. The number of rotatable bonds is 3. The highest BCUT2D eigenvalue weighted by atomic mass is 16.2. The predicted octanol–water partition coefficient (Wildman–Crippen LogP) is 2.21. The number of benzene rings is 1. The van der Waals surface area contributed by atoms with Crippen molar-refractivity contribution in [2.75, 3.05) is 18.4 Å². The number of carbonyl (C=O) groups is 2. The molecule has 0 radical (unpaired) electrons. The minimum Gasteiger partial charge on any atom is -0.353 e. The topological polar surface area (TPSA) is 61.4 Å². The first kappa shape index (κ1) is 13.9. The largest absolute Gasteiger partial charge is 0.353 e. The molecule has 0 bridgehead atoms. The van der Waals surface area contributed by atoms with Crippen LogP contribution in [0, 0.1) is 5.92 Å². The van der Waals surface area contributed by atoms with Crippen molar-refractivity contribution >= 4 is 17.6 Å². The van der Waals surface area contributed by atoms with Gasteiger partial charge in [0.05, 0.1) is 0 Å². The quantitative estimate of drug-likeness (QED) is 0.895. The highest BCUT2D eigenvalue weighted by molar-refractivity contribution is 5.89. The third kappa shape index (κ3) is 3.74. The number of amides is 3. The van der Waals surface area contributed by atoms with Crippen molar-refractivity contribution in [2.24, 2.45) is 5.92 Å². The second kappa shape index (κ2) is 6.16. The van der Waals surface area contributed by atoms with Crippen molar-refractivity contribution in [1.82, 2.24) is 10.2 Å². The highest BCUT2D eigenvalue weighted by Crippen LogP contribution is 2.23. The summed E-state index contributed by atoms with van der Waals surface area (Å²) in [6, 6.07) is 9.77. The maximum Gasteiger partial charge on any atom is 0.321 e. The van der Waals surface area contributed by atoms with Crippen molar-refractivity contribution in [1.29, 1.82) is 0 Å². The van der Waals surface area contributed by atoms with E-state index >= 15 is 0 Å². The summed E-state index contributed by atoms with van der Waals surface area (Å²) >= 11 is 0. The molecule has 21 heavy (non-hydrogen) atoms. The van der Waals surface area contributed by atoms with Crippen LogP contribution in [0.15, 0.2) is 30.3 Å². The molecular weight excluding hydrogens is 266 g/mol. The van der Waals surface area contributed by atoms with Crippen molar-refractivity contribution in [2.45, 2.75) is 31.7 Å². The van der Waals surface area contributed by atoms with E-state index in [4.69, 9.17) is 0 Å². The Kier molecular flexibility index (Phi) is 4.08. The van der Waals surface area contributed by atoms with Crippen LogP contribution in [0.5, 0.6) is 0 Å². The number of piperidine rings is 1. The normalized spacial score (nSPS) is 19.1. The van der Waals surface area contributed by atoms with Gasteiger partial charge in [0.1, 0.15) is 0 Å². The maximum atomic E-state index is 12.1. The molecule has 1 heterocycles. The Morgan fingerprint density at radius 2 is 1.67 bits per heavy atom. The lowest BCUT2D eigenvalue weighted by Gasteiger charge is -2.31. The molecule has 112 valence electrons. The smallest absolute Gasteiger partial charge is 0.321 e. The summed E-state index contributed by atoms with van der Waals surface area (Å²) in [6.07, 6.45) is 3.73. The fraction of sp³-hybridized carbons (Fsp3) is 0.500. The van der Waals surface area contributed by atoms with E-state index in [1.54, 1.807) is 4.90 Å². The lowest BCUT2D eigenvalue weighted by Crippen LogP contribution is -2.44. The van der Waals surface area contributed by atoms with Crippen LogP contribution in [0.4, 0.5) is 10.5 Å². The lowest BCUT2D eigenvalue weighted by molar-refractivity contribution is -0.126. The third-order valence-electron chi connectivity index (χ3n) is 4.10. The molecular formula is C16H21N3O2. The van der Waals surface area contributed by atoms with Gasteiger partial charge in [-0.2, -0.15) is 0 Å². The van der Waals surface area contributed by atoms with Gasteiger partial charge in [-0.15, -0.1) is 0 Å². The Balaban J connectivity index is 1.46. The van der Waals surface area contributed by atoms with Crippen LogP contribution in [-0.4, -0.2) is 36.0 Å². The van der Waals surface area contributed by atoms with Crippen molar-refractivity contribution in [3.8, 4) is 0 Å². The molecule has 1 saturated heterocycles. The first-order chi connectivity index (χ1) is 10.2. The zero-order chi connectivity index (χ0) is 14.7. The van der Waals surface area contributed by atoms with Crippen molar-refractivity contribution < 1.29 is 9.59 Å². The summed E-state index contributed by atoms with van der Waals surface area (Å²) in [5.74, 6) is 0.229. The molecule has 3 rings (SSSR count). The van der Waals surface area contributed by atoms with E-state index in [-0.39, 0.29) is 17.9 Å². The number of para-hydroxylation sites is 1. The third-order valence-corrected chi connectivity index (χ3v) is 4.10. The highest BCUT2D eigenvalue weighted by Gasteiger charge is 2.31. The van der Waals surface area contributed by atoms with Crippen LogP contribution in [0.3, 0.4) is 0 Å².